The van der Waals surface area contributed by atoms with Crippen molar-refractivity contribution < 1.29 is 14.6 Å². The Bertz CT molecular complexity index is 714. The molecule has 2 saturated heterocycles. The van der Waals surface area contributed by atoms with E-state index < -0.39 is 0 Å². The number of aliphatic imine (C=N–C) groups is 1. The largest absolute Gasteiger partial charge is 0.497 e. The van der Waals surface area contributed by atoms with Crippen LogP contribution in [0.2, 0.25) is 0 Å². The molecule has 0 amide bonds. The molecule has 0 atom stereocenters. The van der Waals surface area contributed by atoms with Crippen LogP contribution >= 0.6 is 0 Å². The number of piperazine rings is 1. The molecule has 0 spiro atoms. The van der Waals surface area contributed by atoms with Gasteiger partial charge < -0.3 is 29.7 Å². The van der Waals surface area contributed by atoms with E-state index in [1.807, 2.05) is 12.1 Å². The molecule has 0 bridgehead atoms. The van der Waals surface area contributed by atoms with Gasteiger partial charge >= 0.3 is 0 Å². The van der Waals surface area contributed by atoms with Gasteiger partial charge in [-0.05, 0) is 50.9 Å². The number of aliphatic hydroxyl groups excluding tert-OH is 1. The third-order valence-electron chi connectivity index (χ3n) is 6.34. The predicted molar refractivity (Wildman–Crippen MR) is 129 cm³/mol. The van der Waals surface area contributed by atoms with Crippen LogP contribution in [-0.4, -0.2) is 105 Å². The quantitative estimate of drug-likeness (QED) is 0.339. The molecule has 0 aliphatic carbocycles. The number of benzene rings is 1. The molecule has 32 heavy (non-hydrogen) atoms. The Labute approximate surface area is 193 Å². The van der Waals surface area contributed by atoms with E-state index in [2.05, 4.69) is 33.0 Å². The van der Waals surface area contributed by atoms with Crippen molar-refractivity contribution >= 4 is 5.96 Å². The highest BCUT2D eigenvalue weighted by atomic mass is 16.5. The van der Waals surface area contributed by atoms with E-state index in [1.165, 1.54) is 0 Å². The van der Waals surface area contributed by atoms with E-state index in [1.54, 1.807) is 14.2 Å². The zero-order valence-corrected chi connectivity index (χ0v) is 20.1. The van der Waals surface area contributed by atoms with Crippen molar-refractivity contribution in [3.8, 4) is 11.5 Å². The molecular weight excluding hydrogens is 406 g/mol. The maximum Gasteiger partial charge on any atom is 0.194 e. The first-order valence-corrected chi connectivity index (χ1v) is 12.0. The number of nitrogens with one attached hydrogen (secondary N) is 1. The van der Waals surface area contributed by atoms with Gasteiger partial charge in [-0.15, -0.1) is 0 Å². The van der Waals surface area contributed by atoms with Gasteiger partial charge in [-0.1, -0.05) is 0 Å². The van der Waals surface area contributed by atoms with Crippen LogP contribution in [0.15, 0.2) is 23.2 Å². The lowest BCUT2D eigenvalue weighted by atomic mass is 10.1. The zero-order valence-electron chi connectivity index (χ0n) is 20.1. The van der Waals surface area contributed by atoms with Crippen molar-refractivity contribution in [2.75, 3.05) is 73.1 Å². The van der Waals surface area contributed by atoms with E-state index >= 15 is 0 Å². The average Bonchev–Trinajstić information content (AvgIpc) is 2.82. The molecular formula is C24H41N5O3. The van der Waals surface area contributed by atoms with Gasteiger partial charge in [0.15, 0.2) is 5.96 Å². The summed E-state index contributed by atoms with van der Waals surface area (Å²) in [6.45, 7) is 11.7. The minimum absolute atomic E-state index is 0.103. The zero-order chi connectivity index (χ0) is 22.8. The Morgan fingerprint density at radius 2 is 1.81 bits per heavy atom. The maximum atomic E-state index is 9.65. The summed E-state index contributed by atoms with van der Waals surface area (Å²) in [6, 6.07) is 5.99. The molecule has 1 aromatic carbocycles. The summed E-state index contributed by atoms with van der Waals surface area (Å²) in [6.07, 6.45) is 2.75. The number of aliphatic hydroxyl groups is 1. The van der Waals surface area contributed by atoms with Gasteiger partial charge in [0.2, 0.25) is 0 Å². The minimum atomic E-state index is -0.103. The highest BCUT2D eigenvalue weighted by Crippen LogP contribution is 2.25. The molecule has 2 fully saturated rings. The lowest BCUT2D eigenvalue weighted by Gasteiger charge is -2.36. The number of piperidine rings is 1. The van der Waals surface area contributed by atoms with Crippen molar-refractivity contribution in [3.05, 3.63) is 23.8 Å². The highest BCUT2D eigenvalue weighted by molar-refractivity contribution is 5.80. The summed E-state index contributed by atoms with van der Waals surface area (Å²) in [5, 5.41) is 13.1. The number of hydrogen-bond acceptors (Lipinski definition) is 6. The standard InChI is InChI=1S/C24H41N5O3/c1-4-25-24(26-10-5-11-27-12-8-21(30)9-13-27)29-16-14-28(15-17-29)19-20-18-22(31-2)6-7-23(20)32-3/h6-7,18,21,30H,4-5,8-17,19H2,1-3H3,(H,25,26). The molecule has 8 nitrogen and oxygen atoms in total. The van der Waals surface area contributed by atoms with Crippen LogP contribution in [0.25, 0.3) is 0 Å². The van der Waals surface area contributed by atoms with Gasteiger partial charge in [0, 0.05) is 64.5 Å². The summed E-state index contributed by atoms with van der Waals surface area (Å²) in [5.74, 6) is 2.80. The second-order valence-corrected chi connectivity index (χ2v) is 8.60. The van der Waals surface area contributed by atoms with Crippen LogP contribution in [0.5, 0.6) is 11.5 Å². The Hall–Kier alpha value is -2.03. The van der Waals surface area contributed by atoms with E-state index in [0.29, 0.717) is 0 Å². The molecule has 0 radical (unpaired) electrons. The van der Waals surface area contributed by atoms with Crippen molar-refractivity contribution in [1.82, 2.24) is 20.0 Å². The van der Waals surface area contributed by atoms with Crippen LogP contribution in [0, 0.1) is 0 Å². The fourth-order valence-electron chi connectivity index (χ4n) is 4.41. The number of likely N-dealkylation sites (tertiary alicyclic amines) is 1. The second-order valence-electron chi connectivity index (χ2n) is 8.60. The molecule has 180 valence electrons. The summed E-state index contributed by atoms with van der Waals surface area (Å²) in [5.41, 5.74) is 1.16. The van der Waals surface area contributed by atoms with Crippen molar-refractivity contribution in [2.24, 2.45) is 4.99 Å². The lowest BCUT2D eigenvalue weighted by Crippen LogP contribution is -2.52. The molecule has 0 saturated carbocycles. The van der Waals surface area contributed by atoms with Crippen LogP contribution in [0.4, 0.5) is 0 Å². The third kappa shape index (κ3) is 7.25. The molecule has 0 aromatic heterocycles. The second kappa shape index (κ2) is 12.9. The van der Waals surface area contributed by atoms with Gasteiger partial charge in [-0.3, -0.25) is 9.89 Å². The minimum Gasteiger partial charge on any atom is -0.497 e. The molecule has 2 aliphatic heterocycles. The summed E-state index contributed by atoms with van der Waals surface area (Å²) < 4.78 is 10.9. The van der Waals surface area contributed by atoms with E-state index in [4.69, 9.17) is 14.5 Å². The van der Waals surface area contributed by atoms with Crippen molar-refractivity contribution in [1.29, 1.82) is 0 Å². The Balaban J connectivity index is 1.46. The molecule has 2 aliphatic rings. The predicted octanol–water partition coefficient (Wildman–Crippen LogP) is 1.63. The lowest BCUT2D eigenvalue weighted by molar-refractivity contribution is 0.0824. The van der Waals surface area contributed by atoms with E-state index in [0.717, 1.165) is 108 Å². The molecule has 0 unspecified atom stereocenters. The smallest absolute Gasteiger partial charge is 0.194 e. The maximum absolute atomic E-state index is 9.65. The molecule has 2 heterocycles. The number of nitrogens with zero attached hydrogens (tertiary/aromatic N) is 4. The Morgan fingerprint density at radius 3 is 2.47 bits per heavy atom. The molecule has 2 N–H and O–H groups in total. The number of guanidine groups is 1. The number of methoxy groups -OCH3 is 2. The fraction of sp³-hybridized carbons (Fsp3) is 0.708. The van der Waals surface area contributed by atoms with Crippen LogP contribution < -0.4 is 14.8 Å². The Morgan fingerprint density at radius 1 is 1.06 bits per heavy atom. The molecule has 3 rings (SSSR count). The summed E-state index contributed by atoms with van der Waals surface area (Å²) in [7, 11) is 3.42. The highest BCUT2D eigenvalue weighted by Gasteiger charge is 2.21. The monoisotopic (exact) mass is 447 g/mol. The summed E-state index contributed by atoms with van der Waals surface area (Å²) in [4.78, 5) is 12.2. The van der Waals surface area contributed by atoms with Crippen molar-refractivity contribution in [3.63, 3.8) is 0 Å². The first kappa shape index (κ1) is 24.6. The Kier molecular flexibility index (Phi) is 9.89. The SMILES string of the molecule is CCNC(=NCCCN1CCC(O)CC1)N1CCN(Cc2cc(OC)ccc2OC)CC1. The van der Waals surface area contributed by atoms with E-state index in [9.17, 15) is 5.11 Å². The topological polar surface area (TPSA) is 72.8 Å². The van der Waals surface area contributed by atoms with E-state index in [-0.39, 0.29) is 6.10 Å². The molecule has 1 aromatic rings. The number of rotatable bonds is 9. The molecule has 8 heteroatoms. The van der Waals surface area contributed by atoms with Gasteiger partial charge in [0.25, 0.3) is 0 Å². The van der Waals surface area contributed by atoms with Gasteiger partial charge in [-0.25, -0.2) is 0 Å². The number of ether oxygens (including phenoxy) is 2. The first-order chi connectivity index (χ1) is 15.6. The van der Waals surface area contributed by atoms with Crippen LogP contribution in [-0.2, 0) is 6.54 Å². The summed E-state index contributed by atoms with van der Waals surface area (Å²) >= 11 is 0. The van der Waals surface area contributed by atoms with Crippen molar-refractivity contribution in [2.45, 2.75) is 38.8 Å². The van der Waals surface area contributed by atoms with Crippen LogP contribution in [0.1, 0.15) is 31.7 Å². The van der Waals surface area contributed by atoms with Gasteiger partial charge in [0.05, 0.1) is 20.3 Å². The normalized spacial score (nSPS) is 19.2. The number of hydrogen-bond donors (Lipinski definition) is 2. The van der Waals surface area contributed by atoms with Gasteiger partial charge in [0.1, 0.15) is 11.5 Å². The third-order valence-corrected chi connectivity index (χ3v) is 6.34. The average molecular weight is 448 g/mol. The van der Waals surface area contributed by atoms with Crippen LogP contribution in [0.3, 0.4) is 0 Å². The first-order valence-electron chi connectivity index (χ1n) is 12.0. The van der Waals surface area contributed by atoms with Gasteiger partial charge in [-0.2, -0.15) is 0 Å². The fourth-order valence-corrected chi connectivity index (χ4v) is 4.41.